The summed E-state index contributed by atoms with van der Waals surface area (Å²) < 4.78 is 35.2. The number of allylic oxidation sites excluding steroid dienone is 1. The van der Waals surface area contributed by atoms with Gasteiger partial charge in [0.1, 0.15) is 0 Å². The van der Waals surface area contributed by atoms with Crippen molar-refractivity contribution in [1.29, 1.82) is 0 Å². The number of hydrogen-bond acceptors (Lipinski definition) is 1. The van der Waals surface area contributed by atoms with Crippen LogP contribution in [-0.2, 0) is 0 Å². The molecule has 1 heterocycles. The Labute approximate surface area is 43.5 Å². The maximum absolute atomic E-state index is 11.7. The van der Waals surface area contributed by atoms with E-state index in [-0.39, 0.29) is 6.21 Å². The van der Waals surface area contributed by atoms with Crippen molar-refractivity contribution in [3.05, 3.63) is 12.0 Å². The SMILES string of the molecule is FC1=CN=CC1(F)F. The first-order valence-electron chi connectivity index (χ1n) is 1.91. The maximum atomic E-state index is 11.7. The van der Waals surface area contributed by atoms with Crippen LogP contribution in [0.5, 0.6) is 0 Å². The monoisotopic (exact) mass is 121 g/mol. The van der Waals surface area contributed by atoms with Crippen LogP contribution in [-0.4, -0.2) is 12.1 Å². The number of alkyl halides is 2. The van der Waals surface area contributed by atoms with Crippen molar-refractivity contribution in [3.63, 3.8) is 0 Å². The normalized spacial score (nSPS) is 23.6. The maximum Gasteiger partial charge on any atom is 0.335 e. The molecule has 0 radical (unpaired) electrons. The standard InChI is InChI=1S/C4H2F3N/c5-3-1-8-2-4(3,6)7/h1-2H. The molecule has 1 aliphatic rings. The molecule has 8 heavy (non-hydrogen) atoms. The van der Waals surface area contributed by atoms with E-state index in [1.807, 2.05) is 0 Å². The first-order chi connectivity index (χ1) is 3.63. The number of halogens is 3. The molecule has 0 aromatic rings. The van der Waals surface area contributed by atoms with E-state index < -0.39 is 11.7 Å². The lowest BCUT2D eigenvalue weighted by molar-refractivity contribution is 0.102. The second kappa shape index (κ2) is 1.34. The first-order valence-corrected chi connectivity index (χ1v) is 1.91. The molecule has 1 nitrogen and oxygen atoms in total. The van der Waals surface area contributed by atoms with Crippen LogP contribution in [0, 0.1) is 0 Å². The Bertz CT molecular complexity index is 159. The molecule has 0 saturated carbocycles. The van der Waals surface area contributed by atoms with Crippen LogP contribution < -0.4 is 0 Å². The smallest absolute Gasteiger partial charge is 0.259 e. The van der Waals surface area contributed by atoms with Crippen molar-refractivity contribution in [2.24, 2.45) is 4.99 Å². The van der Waals surface area contributed by atoms with Crippen molar-refractivity contribution in [2.75, 3.05) is 0 Å². The van der Waals surface area contributed by atoms with Gasteiger partial charge in [0.2, 0.25) is 0 Å². The van der Waals surface area contributed by atoms with E-state index in [4.69, 9.17) is 0 Å². The quantitative estimate of drug-likeness (QED) is 0.460. The zero-order valence-corrected chi connectivity index (χ0v) is 3.74. The van der Waals surface area contributed by atoms with Crippen LogP contribution in [0.2, 0.25) is 0 Å². The Morgan fingerprint density at radius 1 is 1.50 bits per heavy atom. The van der Waals surface area contributed by atoms with E-state index in [1.165, 1.54) is 0 Å². The summed E-state index contributed by atoms with van der Waals surface area (Å²) in [5.41, 5.74) is 0. The Morgan fingerprint density at radius 2 is 2.12 bits per heavy atom. The number of hydrogen-bond donors (Lipinski definition) is 0. The van der Waals surface area contributed by atoms with Gasteiger partial charge in [0.05, 0.1) is 12.4 Å². The van der Waals surface area contributed by atoms with E-state index in [9.17, 15) is 13.2 Å². The molecular weight excluding hydrogens is 119 g/mol. The van der Waals surface area contributed by atoms with Crippen molar-refractivity contribution in [1.82, 2.24) is 0 Å². The van der Waals surface area contributed by atoms with Gasteiger partial charge in [0.15, 0.2) is 5.83 Å². The average molecular weight is 121 g/mol. The lowest BCUT2D eigenvalue weighted by Crippen LogP contribution is -2.14. The fraction of sp³-hybridized carbons (Fsp3) is 0.250. The van der Waals surface area contributed by atoms with Gasteiger partial charge in [-0.2, -0.15) is 8.78 Å². The molecule has 1 rings (SSSR count). The molecular formula is C4H2F3N. The van der Waals surface area contributed by atoms with Crippen LogP contribution in [0.15, 0.2) is 17.0 Å². The summed E-state index contributed by atoms with van der Waals surface area (Å²) in [6, 6.07) is 0. The molecule has 0 spiro atoms. The van der Waals surface area contributed by atoms with Gasteiger partial charge in [-0.25, -0.2) is 4.39 Å². The summed E-state index contributed by atoms with van der Waals surface area (Å²) in [6.45, 7) is 0. The van der Waals surface area contributed by atoms with Crippen LogP contribution in [0.25, 0.3) is 0 Å². The van der Waals surface area contributed by atoms with Crippen LogP contribution >= 0.6 is 0 Å². The molecule has 0 aliphatic carbocycles. The van der Waals surface area contributed by atoms with Gasteiger partial charge in [-0.1, -0.05) is 0 Å². The van der Waals surface area contributed by atoms with Gasteiger partial charge in [0.25, 0.3) is 0 Å². The van der Waals surface area contributed by atoms with Gasteiger partial charge in [0, 0.05) is 0 Å². The van der Waals surface area contributed by atoms with Crippen LogP contribution in [0.3, 0.4) is 0 Å². The molecule has 0 bridgehead atoms. The lowest BCUT2D eigenvalue weighted by Gasteiger charge is -1.99. The predicted molar refractivity (Wildman–Crippen MR) is 22.6 cm³/mol. The topological polar surface area (TPSA) is 12.4 Å². The average Bonchev–Trinajstić information content (AvgIpc) is 1.86. The molecule has 0 atom stereocenters. The van der Waals surface area contributed by atoms with Gasteiger partial charge in [-0.15, -0.1) is 0 Å². The number of aliphatic imine (C=N–C) groups is 1. The van der Waals surface area contributed by atoms with Gasteiger partial charge >= 0.3 is 5.92 Å². The van der Waals surface area contributed by atoms with Gasteiger partial charge in [-0.05, 0) is 0 Å². The summed E-state index contributed by atoms with van der Waals surface area (Å²) in [5, 5.41) is 0. The molecule has 0 N–H and O–H groups in total. The summed E-state index contributed by atoms with van der Waals surface area (Å²) >= 11 is 0. The third-order valence-corrected chi connectivity index (χ3v) is 0.743. The third-order valence-electron chi connectivity index (χ3n) is 0.743. The fourth-order valence-corrected chi connectivity index (χ4v) is 0.344. The van der Waals surface area contributed by atoms with Crippen molar-refractivity contribution >= 4 is 6.21 Å². The molecule has 0 amide bonds. The Balaban J connectivity index is 2.87. The molecule has 0 aromatic heterocycles. The minimum absolute atomic E-state index is 0.266. The second-order valence-corrected chi connectivity index (χ2v) is 1.38. The minimum Gasteiger partial charge on any atom is -0.259 e. The molecule has 44 valence electrons. The minimum atomic E-state index is -3.44. The van der Waals surface area contributed by atoms with Crippen LogP contribution in [0.4, 0.5) is 13.2 Å². The van der Waals surface area contributed by atoms with E-state index in [0.717, 1.165) is 0 Å². The molecule has 0 unspecified atom stereocenters. The van der Waals surface area contributed by atoms with Crippen molar-refractivity contribution < 1.29 is 13.2 Å². The zero-order valence-electron chi connectivity index (χ0n) is 3.74. The molecule has 1 aliphatic heterocycles. The number of rotatable bonds is 0. The predicted octanol–water partition coefficient (Wildman–Crippen LogP) is 1.52. The Kier molecular flexibility index (Phi) is 0.892. The molecule has 4 heteroatoms. The van der Waals surface area contributed by atoms with Gasteiger partial charge < -0.3 is 0 Å². The molecule has 0 saturated heterocycles. The van der Waals surface area contributed by atoms with Crippen molar-refractivity contribution in [2.45, 2.75) is 5.92 Å². The highest BCUT2D eigenvalue weighted by atomic mass is 19.3. The Hall–Kier alpha value is -0.800. The van der Waals surface area contributed by atoms with Gasteiger partial charge in [-0.3, -0.25) is 4.99 Å². The van der Waals surface area contributed by atoms with Crippen LogP contribution in [0.1, 0.15) is 0 Å². The molecule has 0 aromatic carbocycles. The highest BCUT2D eigenvalue weighted by molar-refractivity contribution is 5.74. The summed E-state index contributed by atoms with van der Waals surface area (Å²) in [4.78, 5) is 2.91. The first kappa shape index (κ1) is 5.34. The van der Waals surface area contributed by atoms with E-state index in [2.05, 4.69) is 4.99 Å². The summed E-state index contributed by atoms with van der Waals surface area (Å²) in [7, 11) is 0. The third kappa shape index (κ3) is 0.616. The van der Waals surface area contributed by atoms with E-state index in [0.29, 0.717) is 6.20 Å². The highest BCUT2D eigenvalue weighted by Crippen LogP contribution is 2.26. The highest BCUT2D eigenvalue weighted by Gasteiger charge is 2.35. The Morgan fingerprint density at radius 3 is 2.25 bits per heavy atom. The van der Waals surface area contributed by atoms with E-state index >= 15 is 0 Å². The summed E-state index contributed by atoms with van der Waals surface area (Å²) in [5.74, 6) is -4.93. The van der Waals surface area contributed by atoms with E-state index in [1.54, 1.807) is 0 Å². The summed E-state index contributed by atoms with van der Waals surface area (Å²) in [6.07, 6.45) is 0.766. The molecule has 0 fully saturated rings. The fourth-order valence-electron chi connectivity index (χ4n) is 0.344. The number of nitrogens with zero attached hydrogens (tertiary/aromatic N) is 1. The zero-order chi connectivity index (χ0) is 6.20. The lowest BCUT2D eigenvalue weighted by atomic mass is 10.4. The largest absolute Gasteiger partial charge is 0.335 e. The second-order valence-electron chi connectivity index (χ2n) is 1.38. The van der Waals surface area contributed by atoms with Crippen molar-refractivity contribution in [3.8, 4) is 0 Å².